The minimum atomic E-state index is 0.0946. The van der Waals surface area contributed by atoms with Gasteiger partial charge in [0.25, 0.3) is 0 Å². The summed E-state index contributed by atoms with van der Waals surface area (Å²) in [4.78, 5) is 0. The van der Waals surface area contributed by atoms with Crippen molar-refractivity contribution in [2.24, 2.45) is 0 Å². The van der Waals surface area contributed by atoms with Crippen LogP contribution in [0, 0.1) is 3.57 Å². The van der Waals surface area contributed by atoms with Crippen LogP contribution in [-0.2, 0) is 13.2 Å². The molecule has 1 aromatic heterocycles. The minimum Gasteiger partial charge on any atom is -0.390 e. The Labute approximate surface area is 103 Å². The highest BCUT2D eigenvalue weighted by molar-refractivity contribution is 14.1. The molecule has 1 heterocycles. The summed E-state index contributed by atoms with van der Waals surface area (Å²) in [6.45, 7) is 0.914. The predicted molar refractivity (Wildman–Crippen MR) is 68.6 cm³/mol. The summed E-state index contributed by atoms with van der Waals surface area (Å²) in [6.07, 6.45) is 1.99. The number of halogens is 1. The maximum Gasteiger partial charge on any atom is 0.0832 e. The Morgan fingerprint density at radius 2 is 1.87 bits per heavy atom. The van der Waals surface area contributed by atoms with Crippen molar-refractivity contribution in [1.82, 2.24) is 4.57 Å². The van der Waals surface area contributed by atoms with Crippen molar-refractivity contribution in [3.05, 3.63) is 57.4 Å². The van der Waals surface area contributed by atoms with E-state index in [-0.39, 0.29) is 6.61 Å². The van der Waals surface area contributed by atoms with Crippen LogP contribution in [0.5, 0.6) is 0 Å². The first-order valence-corrected chi connectivity index (χ1v) is 5.87. The molecule has 0 bridgehead atoms. The SMILES string of the molecule is OCc1cccn1Cc1ccc(I)cc1. The van der Waals surface area contributed by atoms with Gasteiger partial charge in [-0.25, -0.2) is 0 Å². The van der Waals surface area contributed by atoms with Crippen LogP contribution in [0.15, 0.2) is 42.6 Å². The molecule has 0 atom stereocenters. The Balaban J connectivity index is 2.18. The molecule has 2 nitrogen and oxygen atoms in total. The van der Waals surface area contributed by atoms with E-state index in [1.807, 2.05) is 18.3 Å². The van der Waals surface area contributed by atoms with Crippen LogP contribution < -0.4 is 0 Å². The number of rotatable bonds is 3. The molecule has 1 aromatic carbocycles. The van der Waals surface area contributed by atoms with E-state index in [2.05, 4.69) is 51.4 Å². The molecular weight excluding hydrogens is 301 g/mol. The van der Waals surface area contributed by atoms with Crippen LogP contribution >= 0.6 is 22.6 Å². The van der Waals surface area contributed by atoms with Crippen LogP contribution in [0.25, 0.3) is 0 Å². The molecule has 0 aliphatic rings. The van der Waals surface area contributed by atoms with Gasteiger partial charge in [0.1, 0.15) is 0 Å². The maximum absolute atomic E-state index is 9.11. The zero-order chi connectivity index (χ0) is 10.7. The number of benzene rings is 1. The second kappa shape index (κ2) is 4.81. The average molecular weight is 313 g/mol. The summed E-state index contributed by atoms with van der Waals surface area (Å²) < 4.78 is 3.30. The number of nitrogens with zero attached hydrogens (tertiary/aromatic N) is 1. The van der Waals surface area contributed by atoms with E-state index in [1.165, 1.54) is 9.13 Å². The molecular formula is C12H12INO. The van der Waals surface area contributed by atoms with E-state index in [9.17, 15) is 0 Å². The molecule has 0 aliphatic carbocycles. The van der Waals surface area contributed by atoms with Gasteiger partial charge >= 0.3 is 0 Å². The molecule has 2 rings (SSSR count). The molecule has 0 aliphatic heterocycles. The maximum atomic E-state index is 9.11. The van der Waals surface area contributed by atoms with E-state index in [0.29, 0.717) is 0 Å². The average Bonchev–Trinajstić information content (AvgIpc) is 2.69. The van der Waals surface area contributed by atoms with E-state index < -0.39 is 0 Å². The van der Waals surface area contributed by atoms with Gasteiger partial charge in [-0.3, -0.25) is 0 Å². The van der Waals surface area contributed by atoms with Crippen LogP contribution in [0.3, 0.4) is 0 Å². The van der Waals surface area contributed by atoms with E-state index in [0.717, 1.165) is 12.2 Å². The molecule has 0 radical (unpaired) electrons. The first-order valence-electron chi connectivity index (χ1n) is 4.79. The third kappa shape index (κ3) is 2.60. The zero-order valence-electron chi connectivity index (χ0n) is 8.23. The topological polar surface area (TPSA) is 25.2 Å². The van der Waals surface area contributed by atoms with Crippen molar-refractivity contribution in [2.75, 3.05) is 0 Å². The van der Waals surface area contributed by atoms with Crippen molar-refractivity contribution >= 4 is 22.6 Å². The predicted octanol–water partition coefficient (Wildman–Crippen LogP) is 2.63. The second-order valence-corrected chi connectivity index (χ2v) is 4.66. The Morgan fingerprint density at radius 3 is 2.53 bits per heavy atom. The van der Waals surface area contributed by atoms with E-state index in [4.69, 9.17) is 5.11 Å². The largest absolute Gasteiger partial charge is 0.390 e. The Hall–Kier alpha value is -0.810. The van der Waals surface area contributed by atoms with Gasteiger partial charge in [0.2, 0.25) is 0 Å². The third-order valence-electron chi connectivity index (χ3n) is 2.35. The Morgan fingerprint density at radius 1 is 1.13 bits per heavy atom. The number of hydrogen-bond donors (Lipinski definition) is 1. The number of aromatic nitrogens is 1. The fraction of sp³-hybridized carbons (Fsp3) is 0.167. The van der Waals surface area contributed by atoms with Gasteiger partial charge in [0.05, 0.1) is 6.61 Å². The molecule has 0 amide bonds. The number of aliphatic hydroxyl groups excluding tert-OH is 1. The summed E-state index contributed by atoms with van der Waals surface area (Å²) in [6, 6.07) is 12.3. The summed E-state index contributed by atoms with van der Waals surface area (Å²) >= 11 is 2.29. The first kappa shape index (κ1) is 10.7. The highest BCUT2D eigenvalue weighted by Crippen LogP contribution is 2.10. The van der Waals surface area contributed by atoms with E-state index in [1.54, 1.807) is 0 Å². The van der Waals surface area contributed by atoms with E-state index >= 15 is 0 Å². The van der Waals surface area contributed by atoms with Gasteiger partial charge in [0, 0.05) is 22.0 Å². The second-order valence-electron chi connectivity index (χ2n) is 3.41. The monoisotopic (exact) mass is 313 g/mol. The fourth-order valence-electron chi connectivity index (χ4n) is 1.53. The Bertz CT molecular complexity index is 433. The zero-order valence-corrected chi connectivity index (χ0v) is 10.4. The first-order chi connectivity index (χ1) is 7.29. The van der Waals surface area contributed by atoms with Crippen molar-refractivity contribution in [3.63, 3.8) is 0 Å². The van der Waals surface area contributed by atoms with Crippen LogP contribution in [0.2, 0.25) is 0 Å². The van der Waals surface area contributed by atoms with Crippen LogP contribution in [-0.4, -0.2) is 9.67 Å². The number of aliphatic hydroxyl groups is 1. The molecule has 0 saturated carbocycles. The molecule has 15 heavy (non-hydrogen) atoms. The molecule has 0 fully saturated rings. The summed E-state index contributed by atoms with van der Waals surface area (Å²) in [5, 5.41) is 9.11. The van der Waals surface area contributed by atoms with Gasteiger partial charge in [-0.15, -0.1) is 0 Å². The lowest BCUT2D eigenvalue weighted by Gasteiger charge is -2.07. The van der Waals surface area contributed by atoms with Crippen molar-refractivity contribution in [1.29, 1.82) is 0 Å². The quantitative estimate of drug-likeness (QED) is 0.866. The molecule has 1 N–H and O–H groups in total. The number of hydrogen-bond acceptors (Lipinski definition) is 1. The molecule has 78 valence electrons. The molecule has 2 aromatic rings. The van der Waals surface area contributed by atoms with Crippen molar-refractivity contribution in [3.8, 4) is 0 Å². The highest BCUT2D eigenvalue weighted by Gasteiger charge is 2.00. The lowest BCUT2D eigenvalue weighted by atomic mass is 10.2. The smallest absolute Gasteiger partial charge is 0.0832 e. The van der Waals surface area contributed by atoms with Gasteiger partial charge in [0.15, 0.2) is 0 Å². The lowest BCUT2D eigenvalue weighted by Crippen LogP contribution is -2.02. The molecule has 0 spiro atoms. The molecule has 3 heteroatoms. The molecule has 0 saturated heterocycles. The van der Waals surface area contributed by atoms with Gasteiger partial charge in [-0.05, 0) is 52.4 Å². The van der Waals surface area contributed by atoms with Crippen LogP contribution in [0.1, 0.15) is 11.3 Å². The van der Waals surface area contributed by atoms with Crippen molar-refractivity contribution < 1.29 is 5.11 Å². The normalized spacial score (nSPS) is 10.5. The summed E-state index contributed by atoms with van der Waals surface area (Å²) in [7, 11) is 0. The summed E-state index contributed by atoms with van der Waals surface area (Å²) in [5.74, 6) is 0. The van der Waals surface area contributed by atoms with Gasteiger partial charge in [-0.1, -0.05) is 12.1 Å². The van der Waals surface area contributed by atoms with Crippen LogP contribution in [0.4, 0.5) is 0 Å². The van der Waals surface area contributed by atoms with Gasteiger partial charge < -0.3 is 9.67 Å². The lowest BCUT2D eigenvalue weighted by molar-refractivity contribution is 0.271. The minimum absolute atomic E-state index is 0.0946. The Kier molecular flexibility index (Phi) is 3.43. The third-order valence-corrected chi connectivity index (χ3v) is 3.07. The summed E-state index contributed by atoms with van der Waals surface area (Å²) in [5.41, 5.74) is 2.20. The molecule has 0 unspecified atom stereocenters. The fourth-order valence-corrected chi connectivity index (χ4v) is 1.89. The standard InChI is InChI=1S/C12H12INO/c13-11-5-3-10(4-6-11)8-14-7-1-2-12(14)9-15/h1-7,15H,8-9H2. The van der Waals surface area contributed by atoms with Crippen molar-refractivity contribution in [2.45, 2.75) is 13.2 Å². The highest BCUT2D eigenvalue weighted by atomic mass is 127. The van der Waals surface area contributed by atoms with Gasteiger partial charge in [-0.2, -0.15) is 0 Å².